The van der Waals surface area contributed by atoms with Crippen molar-refractivity contribution in [1.29, 1.82) is 5.26 Å². The molecule has 0 unspecified atom stereocenters. The molecule has 0 saturated carbocycles. The molecule has 0 atom stereocenters. The van der Waals surface area contributed by atoms with Gasteiger partial charge in [0.1, 0.15) is 6.07 Å². The molecule has 27 heavy (non-hydrogen) atoms. The SMILES string of the molecule is Cn1cc(-c2ccc(CCNC(=O)C(=O)Nc3ccccc3C#N)s2)cn1. The summed E-state index contributed by atoms with van der Waals surface area (Å²) in [6, 6.07) is 12.5. The number of para-hydroxylation sites is 1. The molecule has 0 aliphatic rings. The Bertz CT molecular complexity index is 1020. The summed E-state index contributed by atoms with van der Waals surface area (Å²) >= 11 is 1.63. The number of anilines is 1. The van der Waals surface area contributed by atoms with Gasteiger partial charge in [0.25, 0.3) is 0 Å². The minimum atomic E-state index is -0.792. The molecule has 7 nitrogen and oxygen atoms in total. The van der Waals surface area contributed by atoms with E-state index in [0.717, 1.165) is 15.3 Å². The van der Waals surface area contributed by atoms with E-state index in [1.165, 1.54) is 0 Å². The quantitative estimate of drug-likeness (QED) is 0.665. The number of carbonyl (C=O) groups excluding carboxylic acids is 2. The fourth-order valence-corrected chi connectivity index (χ4v) is 3.45. The standard InChI is InChI=1S/C19H17N5O2S/c1-24-12-14(11-22-24)17-7-6-15(27-17)8-9-21-18(25)19(26)23-16-5-3-2-4-13(16)10-20/h2-7,11-12H,8-9H2,1H3,(H,21,25)(H,23,26). The van der Waals surface area contributed by atoms with Gasteiger partial charge in [0.2, 0.25) is 0 Å². The lowest BCUT2D eigenvalue weighted by atomic mass is 10.2. The number of nitrogens with one attached hydrogen (secondary N) is 2. The van der Waals surface area contributed by atoms with Crippen LogP contribution in [0.25, 0.3) is 10.4 Å². The van der Waals surface area contributed by atoms with E-state index in [2.05, 4.69) is 15.7 Å². The van der Waals surface area contributed by atoms with Crippen molar-refractivity contribution in [3.8, 4) is 16.5 Å². The van der Waals surface area contributed by atoms with Crippen LogP contribution in [0, 0.1) is 11.3 Å². The van der Waals surface area contributed by atoms with Crippen LogP contribution >= 0.6 is 11.3 Å². The summed E-state index contributed by atoms with van der Waals surface area (Å²) in [5, 5.41) is 18.2. The highest BCUT2D eigenvalue weighted by molar-refractivity contribution is 7.15. The predicted molar refractivity (Wildman–Crippen MR) is 103 cm³/mol. The zero-order valence-electron chi connectivity index (χ0n) is 14.6. The molecule has 2 aromatic heterocycles. The molecule has 2 heterocycles. The summed E-state index contributed by atoms with van der Waals surface area (Å²) in [6.07, 6.45) is 4.38. The van der Waals surface area contributed by atoms with Gasteiger partial charge in [0.05, 0.1) is 17.4 Å². The van der Waals surface area contributed by atoms with Gasteiger partial charge in [-0.3, -0.25) is 14.3 Å². The number of aryl methyl sites for hydroxylation is 1. The third-order valence-electron chi connectivity index (χ3n) is 3.81. The van der Waals surface area contributed by atoms with Crippen molar-refractivity contribution in [3.05, 3.63) is 59.2 Å². The van der Waals surface area contributed by atoms with E-state index < -0.39 is 11.8 Å². The maximum absolute atomic E-state index is 12.0. The number of hydrogen-bond donors (Lipinski definition) is 2. The summed E-state index contributed by atoms with van der Waals surface area (Å²) in [5.41, 5.74) is 1.67. The molecule has 0 aliphatic heterocycles. The van der Waals surface area contributed by atoms with Gasteiger partial charge < -0.3 is 10.6 Å². The number of amides is 2. The number of carbonyl (C=O) groups is 2. The second kappa shape index (κ2) is 8.29. The van der Waals surface area contributed by atoms with E-state index in [-0.39, 0.29) is 0 Å². The van der Waals surface area contributed by atoms with E-state index in [9.17, 15) is 9.59 Å². The Balaban J connectivity index is 1.50. The molecule has 1 aromatic carbocycles. The van der Waals surface area contributed by atoms with Gasteiger partial charge in [-0.2, -0.15) is 10.4 Å². The van der Waals surface area contributed by atoms with Crippen LogP contribution in [0.2, 0.25) is 0 Å². The summed E-state index contributed by atoms with van der Waals surface area (Å²) in [5.74, 6) is -1.52. The summed E-state index contributed by atoms with van der Waals surface area (Å²) in [6.45, 7) is 0.346. The number of rotatable bonds is 5. The van der Waals surface area contributed by atoms with Gasteiger partial charge in [-0.05, 0) is 30.7 Å². The molecule has 0 fully saturated rings. The van der Waals surface area contributed by atoms with Gasteiger partial charge in [0, 0.05) is 35.1 Å². The zero-order valence-corrected chi connectivity index (χ0v) is 15.4. The highest BCUT2D eigenvalue weighted by Crippen LogP contribution is 2.27. The van der Waals surface area contributed by atoms with Gasteiger partial charge in [-0.15, -0.1) is 11.3 Å². The number of thiophene rings is 1. The van der Waals surface area contributed by atoms with Crippen LogP contribution in [0.3, 0.4) is 0 Å². The molecule has 8 heteroatoms. The van der Waals surface area contributed by atoms with Crippen molar-refractivity contribution in [2.75, 3.05) is 11.9 Å². The lowest BCUT2D eigenvalue weighted by molar-refractivity contribution is -0.136. The molecule has 0 saturated heterocycles. The highest BCUT2D eigenvalue weighted by atomic mass is 32.1. The highest BCUT2D eigenvalue weighted by Gasteiger charge is 2.15. The number of nitriles is 1. The van der Waals surface area contributed by atoms with Crippen molar-refractivity contribution >= 4 is 28.8 Å². The average molecular weight is 379 g/mol. The van der Waals surface area contributed by atoms with Crippen molar-refractivity contribution in [3.63, 3.8) is 0 Å². The predicted octanol–water partition coefficient (Wildman–Crippen LogP) is 2.32. The minimum Gasteiger partial charge on any atom is -0.347 e. The van der Waals surface area contributed by atoms with Crippen LogP contribution < -0.4 is 10.6 Å². The fraction of sp³-hybridized carbons (Fsp3) is 0.158. The first-order chi connectivity index (χ1) is 13.1. The molecule has 0 spiro atoms. The smallest absolute Gasteiger partial charge is 0.313 e. The topological polar surface area (TPSA) is 99.8 Å². The lowest BCUT2D eigenvalue weighted by Gasteiger charge is -2.07. The maximum atomic E-state index is 12.0. The average Bonchev–Trinajstić information content (AvgIpc) is 3.31. The molecule has 0 aliphatic carbocycles. The molecular formula is C19H17N5O2S. The van der Waals surface area contributed by atoms with Crippen molar-refractivity contribution in [1.82, 2.24) is 15.1 Å². The van der Waals surface area contributed by atoms with Gasteiger partial charge in [0.15, 0.2) is 0 Å². The van der Waals surface area contributed by atoms with E-state index in [4.69, 9.17) is 5.26 Å². The molecular weight excluding hydrogens is 362 g/mol. The van der Waals surface area contributed by atoms with Crippen molar-refractivity contribution in [2.45, 2.75) is 6.42 Å². The van der Waals surface area contributed by atoms with Gasteiger partial charge >= 0.3 is 11.8 Å². The molecule has 0 radical (unpaired) electrons. The van der Waals surface area contributed by atoms with Crippen LogP contribution in [-0.2, 0) is 23.1 Å². The summed E-state index contributed by atoms with van der Waals surface area (Å²) in [4.78, 5) is 26.1. The molecule has 2 N–H and O–H groups in total. The van der Waals surface area contributed by atoms with Crippen LogP contribution in [0.15, 0.2) is 48.8 Å². The van der Waals surface area contributed by atoms with Crippen molar-refractivity contribution in [2.24, 2.45) is 7.05 Å². The Labute approximate surface area is 160 Å². The minimum absolute atomic E-state index is 0.306. The van der Waals surface area contributed by atoms with Gasteiger partial charge in [-0.25, -0.2) is 0 Å². The molecule has 3 aromatic rings. The first-order valence-electron chi connectivity index (χ1n) is 8.23. The third-order valence-corrected chi connectivity index (χ3v) is 5.00. The largest absolute Gasteiger partial charge is 0.347 e. The number of benzene rings is 1. The molecule has 136 valence electrons. The molecule has 2 amide bonds. The van der Waals surface area contributed by atoms with E-state index in [1.807, 2.05) is 31.4 Å². The second-order valence-electron chi connectivity index (χ2n) is 5.79. The Hall–Kier alpha value is -3.44. The lowest BCUT2D eigenvalue weighted by Crippen LogP contribution is -2.36. The van der Waals surface area contributed by atoms with Crippen LogP contribution in [0.4, 0.5) is 5.69 Å². The summed E-state index contributed by atoms with van der Waals surface area (Å²) in [7, 11) is 1.87. The van der Waals surface area contributed by atoms with Crippen LogP contribution in [-0.4, -0.2) is 28.1 Å². The second-order valence-corrected chi connectivity index (χ2v) is 6.95. The van der Waals surface area contributed by atoms with E-state index in [1.54, 1.807) is 46.5 Å². The maximum Gasteiger partial charge on any atom is 0.313 e. The number of aromatic nitrogens is 2. The Morgan fingerprint density at radius 2 is 2.04 bits per heavy atom. The van der Waals surface area contributed by atoms with Crippen LogP contribution in [0.1, 0.15) is 10.4 Å². The monoisotopic (exact) mass is 379 g/mol. The zero-order chi connectivity index (χ0) is 19.2. The number of hydrogen-bond acceptors (Lipinski definition) is 5. The van der Waals surface area contributed by atoms with E-state index >= 15 is 0 Å². The third kappa shape index (κ3) is 4.59. The normalized spacial score (nSPS) is 10.2. The molecule has 3 rings (SSSR count). The Morgan fingerprint density at radius 3 is 2.78 bits per heavy atom. The first kappa shape index (κ1) is 18.4. The van der Waals surface area contributed by atoms with Gasteiger partial charge in [-0.1, -0.05) is 12.1 Å². The Morgan fingerprint density at radius 1 is 1.22 bits per heavy atom. The van der Waals surface area contributed by atoms with E-state index in [0.29, 0.717) is 24.2 Å². The Kier molecular flexibility index (Phi) is 5.64. The van der Waals surface area contributed by atoms with Crippen LogP contribution in [0.5, 0.6) is 0 Å². The first-order valence-corrected chi connectivity index (χ1v) is 9.04. The molecule has 0 bridgehead atoms. The summed E-state index contributed by atoms with van der Waals surface area (Å²) < 4.78 is 1.75. The number of nitrogens with zero attached hydrogens (tertiary/aromatic N) is 3. The van der Waals surface area contributed by atoms with Crippen molar-refractivity contribution < 1.29 is 9.59 Å². The fourth-order valence-electron chi connectivity index (χ4n) is 2.46.